The van der Waals surface area contributed by atoms with Crippen molar-refractivity contribution in [3.05, 3.63) is 64.2 Å². The predicted octanol–water partition coefficient (Wildman–Crippen LogP) is 5.59. The molecule has 1 N–H and O–H groups in total. The fraction of sp³-hybridized carbons (Fsp3) is 0.481. The van der Waals surface area contributed by atoms with E-state index in [0.717, 1.165) is 42.4 Å². The molecule has 0 aromatic heterocycles. The van der Waals surface area contributed by atoms with Gasteiger partial charge in [-0.3, -0.25) is 9.59 Å². The van der Waals surface area contributed by atoms with Gasteiger partial charge in [0.2, 0.25) is 5.91 Å². The SMILES string of the molecule is CCC(C(=O)NC1CCCCC1)N(Cc1ccc(Cl)cc1)C(=O)COc1ccc(C)cc1C. The van der Waals surface area contributed by atoms with Crippen molar-refractivity contribution in [3.8, 4) is 5.75 Å². The molecule has 2 amide bonds. The van der Waals surface area contributed by atoms with Crippen molar-refractivity contribution in [1.82, 2.24) is 10.2 Å². The molecule has 1 aliphatic rings. The molecule has 0 spiro atoms. The van der Waals surface area contributed by atoms with Gasteiger partial charge in [0.15, 0.2) is 6.61 Å². The van der Waals surface area contributed by atoms with Gasteiger partial charge in [-0.15, -0.1) is 0 Å². The first-order valence-electron chi connectivity index (χ1n) is 11.9. The summed E-state index contributed by atoms with van der Waals surface area (Å²) >= 11 is 6.04. The molecule has 33 heavy (non-hydrogen) atoms. The molecule has 0 aliphatic heterocycles. The van der Waals surface area contributed by atoms with Crippen molar-refractivity contribution in [1.29, 1.82) is 0 Å². The maximum absolute atomic E-state index is 13.4. The van der Waals surface area contributed by atoms with Crippen LogP contribution in [0.15, 0.2) is 42.5 Å². The number of carbonyl (C=O) groups excluding carboxylic acids is 2. The number of hydrogen-bond donors (Lipinski definition) is 1. The fourth-order valence-electron chi connectivity index (χ4n) is 4.43. The van der Waals surface area contributed by atoms with Crippen LogP contribution in [0.5, 0.6) is 5.75 Å². The number of nitrogens with one attached hydrogen (secondary N) is 1. The molecule has 2 aromatic rings. The van der Waals surface area contributed by atoms with Crippen molar-refractivity contribution in [2.24, 2.45) is 0 Å². The number of benzene rings is 2. The smallest absolute Gasteiger partial charge is 0.261 e. The van der Waals surface area contributed by atoms with Crippen LogP contribution in [-0.2, 0) is 16.1 Å². The maximum Gasteiger partial charge on any atom is 0.261 e. The highest BCUT2D eigenvalue weighted by Crippen LogP contribution is 2.21. The summed E-state index contributed by atoms with van der Waals surface area (Å²) in [7, 11) is 0. The Morgan fingerprint density at radius 3 is 2.42 bits per heavy atom. The first-order valence-corrected chi connectivity index (χ1v) is 12.3. The van der Waals surface area contributed by atoms with E-state index in [-0.39, 0.29) is 24.5 Å². The molecule has 2 aromatic carbocycles. The van der Waals surface area contributed by atoms with Gasteiger partial charge in [0, 0.05) is 17.6 Å². The van der Waals surface area contributed by atoms with Crippen LogP contribution in [-0.4, -0.2) is 35.4 Å². The van der Waals surface area contributed by atoms with Gasteiger partial charge in [0.05, 0.1) is 0 Å². The lowest BCUT2D eigenvalue weighted by atomic mass is 9.95. The van der Waals surface area contributed by atoms with E-state index < -0.39 is 6.04 Å². The zero-order chi connectivity index (χ0) is 23.8. The second-order valence-electron chi connectivity index (χ2n) is 8.97. The molecule has 5 nitrogen and oxygen atoms in total. The summed E-state index contributed by atoms with van der Waals surface area (Å²) in [6.45, 7) is 6.13. The molecule has 1 unspecified atom stereocenters. The van der Waals surface area contributed by atoms with Gasteiger partial charge in [0.1, 0.15) is 11.8 Å². The molecule has 0 heterocycles. The van der Waals surface area contributed by atoms with Crippen molar-refractivity contribution in [3.63, 3.8) is 0 Å². The van der Waals surface area contributed by atoms with E-state index in [1.165, 1.54) is 6.42 Å². The Balaban J connectivity index is 1.76. The minimum Gasteiger partial charge on any atom is -0.483 e. The average molecular weight is 471 g/mol. The number of rotatable bonds is 9. The van der Waals surface area contributed by atoms with Crippen molar-refractivity contribution in [2.45, 2.75) is 77.9 Å². The van der Waals surface area contributed by atoms with E-state index >= 15 is 0 Å². The third-order valence-corrected chi connectivity index (χ3v) is 6.54. The molecule has 0 saturated heterocycles. The van der Waals surface area contributed by atoms with Crippen LogP contribution in [0.3, 0.4) is 0 Å². The summed E-state index contributed by atoms with van der Waals surface area (Å²) in [4.78, 5) is 28.2. The first kappa shape index (κ1) is 25.1. The van der Waals surface area contributed by atoms with Crippen molar-refractivity contribution < 1.29 is 14.3 Å². The number of amides is 2. The molecule has 0 bridgehead atoms. The number of halogens is 1. The second-order valence-corrected chi connectivity index (χ2v) is 9.41. The number of nitrogens with zero attached hydrogens (tertiary/aromatic N) is 1. The third-order valence-electron chi connectivity index (χ3n) is 6.29. The third kappa shape index (κ3) is 7.23. The van der Waals surface area contributed by atoms with Crippen LogP contribution in [0.25, 0.3) is 0 Å². The van der Waals surface area contributed by atoms with E-state index in [1.807, 2.05) is 51.1 Å². The topological polar surface area (TPSA) is 58.6 Å². The quantitative estimate of drug-likeness (QED) is 0.519. The molecular weight excluding hydrogens is 436 g/mol. The minimum absolute atomic E-state index is 0.0850. The highest BCUT2D eigenvalue weighted by atomic mass is 35.5. The number of hydrogen-bond acceptors (Lipinski definition) is 3. The van der Waals surface area contributed by atoms with Crippen LogP contribution >= 0.6 is 11.6 Å². The van der Waals surface area contributed by atoms with Gasteiger partial charge in [-0.25, -0.2) is 0 Å². The van der Waals surface area contributed by atoms with Crippen LogP contribution in [0, 0.1) is 13.8 Å². The lowest BCUT2D eigenvalue weighted by molar-refractivity contribution is -0.143. The molecule has 6 heteroatoms. The summed E-state index contributed by atoms with van der Waals surface area (Å²) in [6, 6.07) is 12.9. The maximum atomic E-state index is 13.4. The molecule has 1 fully saturated rings. The Morgan fingerprint density at radius 1 is 1.09 bits per heavy atom. The van der Waals surface area contributed by atoms with Crippen LogP contribution in [0.4, 0.5) is 0 Å². The van der Waals surface area contributed by atoms with Gasteiger partial charge >= 0.3 is 0 Å². The molecule has 1 atom stereocenters. The Kier molecular flexibility index (Phi) is 9.19. The first-order chi connectivity index (χ1) is 15.9. The van der Waals surface area contributed by atoms with E-state index in [0.29, 0.717) is 23.7 Å². The zero-order valence-electron chi connectivity index (χ0n) is 19.9. The lowest BCUT2D eigenvalue weighted by Crippen LogP contribution is -2.52. The summed E-state index contributed by atoms with van der Waals surface area (Å²) < 4.78 is 5.87. The normalized spacial score (nSPS) is 15.0. The molecule has 178 valence electrons. The van der Waals surface area contributed by atoms with Gasteiger partial charge in [-0.05, 0) is 62.4 Å². The molecule has 1 saturated carbocycles. The van der Waals surface area contributed by atoms with Gasteiger partial charge < -0.3 is 15.0 Å². The zero-order valence-corrected chi connectivity index (χ0v) is 20.7. The Morgan fingerprint density at radius 2 is 1.79 bits per heavy atom. The van der Waals surface area contributed by atoms with Crippen LogP contribution in [0.2, 0.25) is 5.02 Å². The van der Waals surface area contributed by atoms with Gasteiger partial charge in [-0.2, -0.15) is 0 Å². The van der Waals surface area contributed by atoms with E-state index in [9.17, 15) is 9.59 Å². The molecule has 3 rings (SSSR count). The monoisotopic (exact) mass is 470 g/mol. The standard InChI is InChI=1S/C27H35ClN2O3/c1-4-24(27(32)29-23-8-6-5-7-9-23)30(17-21-11-13-22(28)14-12-21)26(31)18-33-25-15-10-19(2)16-20(25)3/h10-16,23-24H,4-9,17-18H2,1-3H3,(H,29,32). The van der Waals surface area contributed by atoms with E-state index in [4.69, 9.17) is 16.3 Å². The predicted molar refractivity (Wildman–Crippen MR) is 133 cm³/mol. The summed E-state index contributed by atoms with van der Waals surface area (Å²) in [6.07, 6.45) is 6.03. The van der Waals surface area contributed by atoms with Gasteiger partial charge in [0.25, 0.3) is 5.91 Å². The van der Waals surface area contributed by atoms with Crippen molar-refractivity contribution in [2.75, 3.05) is 6.61 Å². The van der Waals surface area contributed by atoms with Crippen LogP contribution < -0.4 is 10.1 Å². The summed E-state index contributed by atoms with van der Waals surface area (Å²) in [5, 5.41) is 3.83. The highest BCUT2D eigenvalue weighted by molar-refractivity contribution is 6.30. The number of ether oxygens (including phenoxy) is 1. The summed E-state index contributed by atoms with van der Waals surface area (Å²) in [5.41, 5.74) is 3.04. The highest BCUT2D eigenvalue weighted by Gasteiger charge is 2.30. The Bertz CT molecular complexity index is 939. The average Bonchev–Trinajstić information content (AvgIpc) is 2.80. The van der Waals surface area contributed by atoms with Crippen LogP contribution in [0.1, 0.15) is 62.1 Å². The molecular formula is C27H35ClN2O3. The molecule has 1 aliphatic carbocycles. The minimum atomic E-state index is -0.558. The van der Waals surface area contributed by atoms with E-state index in [2.05, 4.69) is 5.32 Å². The Hall–Kier alpha value is -2.53. The van der Waals surface area contributed by atoms with Gasteiger partial charge in [-0.1, -0.05) is 67.6 Å². The van der Waals surface area contributed by atoms with E-state index in [1.54, 1.807) is 17.0 Å². The number of carbonyl (C=O) groups is 2. The largest absolute Gasteiger partial charge is 0.483 e. The molecule has 0 radical (unpaired) electrons. The van der Waals surface area contributed by atoms with Crippen molar-refractivity contribution >= 4 is 23.4 Å². The Labute approximate surface area is 202 Å². The lowest BCUT2D eigenvalue weighted by Gasteiger charge is -2.32. The summed E-state index contributed by atoms with van der Waals surface area (Å²) in [5.74, 6) is 0.383. The second kappa shape index (κ2) is 12.1. The fourth-order valence-corrected chi connectivity index (χ4v) is 4.56. The number of aryl methyl sites for hydroxylation is 2.